The Bertz CT molecular complexity index is 1120. The molecule has 0 spiro atoms. The molecule has 0 aliphatic heterocycles. The monoisotopic (exact) mass is 454 g/mol. The molecule has 0 radical (unpaired) electrons. The highest BCUT2D eigenvalue weighted by Gasteiger charge is 2.19. The quantitative estimate of drug-likeness (QED) is 0.547. The molecule has 3 rings (SSSR count). The van der Waals surface area contributed by atoms with E-state index in [1.165, 1.54) is 35.6 Å². The highest BCUT2D eigenvalue weighted by atomic mass is 35.5. The van der Waals surface area contributed by atoms with Crippen molar-refractivity contribution in [2.75, 3.05) is 5.32 Å². The van der Waals surface area contributed by atoms with Gasteiger partial charge in [-0.2, -0.15) is 0 Å². The van der Waals surface area contributed by atoms with Crippen LogP contribution in [0.15, 0.2) is 52.7 Å². The number of anilines is 1. The third kappa shape index (κ3) is 4.38. The van der Waals surface area contributed by atoms with E-state index < -0.39 is 15.1 Å². The van der Waals surface area contributed by atoms with Crippen molar-refractivity contribution in [1.82, 2.24) is 4.98 Å². The van der Waals surface area contributed by atoms with Crippen molar-refractivity contribution in [1.29, 1.82) is 0 Å². The van der Waals surface area contributed by atoms with Crippen molar-refractivity contribution in [3.63, 3.8) is 0 Å². The van der Waals surface area contributed by atoms with E-state index in [1.54, 1.807) is 37.4 Å². The lowest BCUT2D eigenvalue weighted by molar-refractivity contribution is 0.102. The topological polar surface area (TPSA) is 76.1 Å². The molecule has 0 saturated heterocycles. The zero-order valence-corrected chi connectivity index (χ0v) is 18.1. The summed E-state index contributed by atoms with van der Waals surface area (Å²) < 4.78 is 24.3. The first kappa shape index (κ1) is 20.8. The Morgan fingerprint density at radius 3 is 2.36 bits per heavy atom. The molecule has 0 saturated carbocycles. The molecule has 146 valence electrons. The Kier molecular flexibility index (Phi) is 6.09. The molecule has 0 fully saturated rings. The Morgan fingerprint density at radius 2 is 1.75 bits per heavy atom. The molecule has 28 heavy (non-hydrogen) atoms. The second kappa shape index (κ2) is 8.21. The molecular weight excluding hydrogens is 439 g/mol. The Labute approximate surface area is 177 Å². The Balaban J connectivity index is 1.75. The smallest absolute Gasteiger partial charge is 0.257 e. The number of sulfone groups is 1. The number of carbonyl (C=O) groups excluding carboxylic acids is 1. The first-order valence-corrected chi connectivity index (χ1v) is 11.4. The van der Waals surface area contributed by atoms with E-state index >= 15 is 0 Å². The predicted molar refractivity (Wildman–Crippen MR) is 114 cm³/mol. The van der Waals surface area contributed by atoms with E-state index in [0.717, 1.165) is 5.56 Å². The van der Waals surface area contributed by atoms with Gasteiger partial charge in [-0.3, -0.25) is 10.1 Å². The highest BCUT2D eigenvalue weighted by molar-refractivity contribution is 7.92. The number of aromatic nitrogens is 1. The summed E-state index contributed by atoms with van der Waals surface area (Å²) in [6.45, 7) is 3.23. The molecule has 1 N–H and O–H groups in total. The van der Waals surface area contributed by atoms with E-state index in [4.69, 9.17) is 23.2 Å². The van der Waals surface area contributed by atoms with Crippen molar-refractivity contribution in [2.45, 2.75) is 24.0 Å². The van der Waals surface area contributed by atoms with E-state index in [2.05, 4.69) is 10.3 Å². The average molecular weight is 455 g/mol. The van der Waals surface area contributed by atoms with Gasteiger partial charge in [-0.25, -0.2) is 13.4 Å². The molecule has 5 nitrogen and oxygen atoms in total. The average Bonchev–Trinajstić information content (AvgIpc) is 3.12. The molecule has 0 unspecified atom stereocenters. The molecule has 9 heteroatoms. The van der Waals surface area contributed by atoms with Crippen LogP contribution in [0.25, 0.3) is 11.3 Å². The molecule has 0 bridgehead atoms. The fourth-order valence-electron chi connectivity index (χ4n) is 2.36. The first-order chi connectivity index (χ1) is 13.2. The number of thiazole rings is 1. The number of hydrogen-bond donors (Lipinski definition) is 1. The van der Waals surface area contributed by atoms with Gasteiger partial charge in [0.2, 0.25) is 0 Å². The number of halogens is 2. The molecule has 0 aliphatic rings. The summed E-state index contributed by atoms with van der Waals surface area (Å²) in [5.41, 5.74) is 1.79. The van der Waals surface area contributed by atoms with Gasteiger partial charge in [0.05, 0.1) is 25.9 Å². The van der Waals surface area contributed by atoms with Crippen molar-refractivity contribution >= 4 is 55.4 Å². The van der Waals surface area contributed by atoms with Crippen LogP contribution in [0.2, 0.25) is 10.0 Å². The van der Waals surface area contributed by atoms with Gasteiger partial charge in [0.15, 0.2) is 15.0 Å². The van der Waals surface area contributed by atoms with Gasteiger partial charge in [0, 0.05) is 16.5 Å². The summed E-state index contributed by atoms with van der Waals surface area (Å²) in [6.07, 6.45) is 0. The Morgan fingerprint density at radius 1 is 1.07 bits per heavy atom. The van der Waals surface area contributed by atoms with Crippen LogP contribution in [0.3, 0.4) is 0 Å². The minimum atomic E-state index is -3.37. The SMILES string of the molecule is CC(C)S(=O)(=O)c1ccc(C(=O)Nc2nc(-c3ccc(Cl)c(Cl)c3)cs2)cc1. The lowest BCUT2D eigenvalue weighted by Gasteiger charge is -2.08. The van der Waals surface area contributed by atoms with Gasteiger partial charge in [-0.1, -0.05) is 29.3 Å². The molecule has 1 heterocycles. The summed E-state index contributed by atoms with van der Waals surface area (Å²) in [7, 11) is -3.37. The molecule has 1 aromatic heterocycles. The third-order valence-corrected chi connectivity index (χ3v) is 7.67. The minimum absolute atomic E-state index is 0.190. The van der Waals surface area contributed by atoms with Crippen LogP contribution in [0.5, 0.6) is 0 Å². The van der Waals surface area contributed by atoms with Crippen molar-refractivity contribution < 1.29 is 13.2 Å². The largest absolute Gasteiger partial charge is 0.298 e. The zero-order chi connectivity index (χ0) is 20.5. The van der Waals surface area contributed by atoms with Crippen LogP contribution in [-0.2, 0) is 9.84 Å². The van der Waals surface area contributed by atoms with Crippen LogP contribution in [0.1, 0.15) is 24.2 Å². The van der Waals surface area contributed by atoms with Crippen LogP contribution in [0, 0.1) is 0 Å². The van der Waals surface area contributed by atoms with Crippen LogP contribution in [0.4, 0.5) is 5.13 Å². The predicted octanol–water partition coefficient (Wildman–Crippen LogP) is 5.55. The van der Waals surface area contributed by atoms with Crippen molar-refractivity contribution in [3.8, 4) is 11.3 Å². The van der Waals surface area contributed by atoms with Crippen LogP contribution < -0.4 is 5.32 Å². The number of nitrogens with zero attached hydrogens (tertiary/aromatic N) is 1. The maximum Gasteiger partial charge on any atom is 0.257 e. The number of benzene rings is 2. The fourth-order valence-corrected chi connectivity index (χ4v) is 4.43. The summed E-state index contributed by atoms with van der Waals surface area (Å²) in [6, 6.07) is 11.0. The standard InChI is InChI=1S/C19H16Cl2N2O3S2/c1-11(2)28(25,26)14-6-3-12(4-7-14)18(24)23-19-22-17(10-27-19)13-5-8-15(20)16(21)9-13/h3-11H,1-2H3,(H,22,23,24). The van der Waals surface area contributed by atoms with E-state index in [-0.39, 0.29) is 10.8 Å². The van der Waals surface area contributed by atoms with Gasteiger partial charge >= 0.3 is 0 Å². The van der Waals surface area contributed by atoms with Crippen LogP contribution >= 0.6 is 34.5 Å². The van der Waals surface area contributed by atoms with Gasteiger partial charge in [-0.05, 0) is 50.2 Å². The zero-order valence-electron chi connectivity index (χ0n) is 14.9. The van der Waals surface area contributed by atoms with Crippen LogP contribution in [-0.4, -0.2) is 24.6 Å². The molecule has 3 aromatic rings. The second-order valence-electron chi connectivity index (χ2n) is 6.24. The summed E-state index contributed by atoms with van der Waals surface area (Å²) in [4.78, 5) is 17.0. The minimum Gasteiger partial charge on any atom is -0.298 e. The van der Waals surface area contributed by atoms with Gasteiger partial charge in [0.1, 0.15) is 0 Å². The molecule has 0 aliphatic carbocycles. The fraction of sp³-hybridized carbons (Fsp3) is 0.158. The van der Waals surface area contributed by atoms with E-state index in [0.29, 0.717) is 26.4 Å². The summed E-state index contributed by atoms with van der Waals surface area (Å²) in [5, 5.41) is 5.29. The summed E-state index contributed by atoms with van der Waals surface area (Å²) in [5.74, 6) is -0.372. The Hall–Kier alpha value is -1.93. The van der Waals surface area contributed by atoms with Gasteiger partial charge in [0.25, 0.3) is 5.91 Å². The lowest BCUT2D eigenvalue weighted by atomic mass is 10.2. The van der Waals surface area contributed by atoms with E-state index in [9.17, 15) is 13.2 Å². The van der Waals surface area contributed by atoms with Crippen molar-refractivity contribution in [3.05, 3.63) is 63.5 Å². The lowest BCUT2D eigenvalue weighted by Crippen LogP contribution is -2.15. The summed E-state index contributed by atoms with van der Waals surface area (Å²) >= 11 is 13.2. The number of rotatable bonds is 5. The maximum atomic E-state index is 12.4. The molecule has 1 amide bonds. The normalized spacial score (nSPS) is 11.6. The second-order valence-corrected chi connectivity index (χ2v) is 10.4. The third-order valence-electron chi connectivity index (χ3n) is 4.01. The molecule has 2 aromatic carbocycles. The van der Waals surface area contributed by atoms with Crippen molar-refractivity contribution in [2.24, 2.45) is 0 Å². The van der Waals surface area contributed by atoms with E-state index in [1.807, 2.05) is 0 Å². The molecule has 0 atom stereocenters. The first-order valence-electron chi connectivity index (χ1n) is 8.25. The molecular formula is C19H16Cl2N2O3S2. The van der Waals surface area contributed by atoms with Gasteiger partial charge < -0.3 is 0 Å². The number of nitrogens with one attached hydrogen (secondary N) is 1. The number of carbonyl (C=O) groups is 1. The maximum absolute atomic E-state index is 12.4. The van der Waals surface area contributed by atoms with Gasteiger partial charge in [-0.15, -0.1) is 11.3 Å². The number of hydrogen-bond acceptors (Lipinski definition) is 5. The highest BCUT2D eigenvalue weighted by Crippen LogP contribution is 2.30. The number of amides is 1.